The van der Waals surface area contributed by atoms with E-state index in [0.717, 1.165) is 51.6 Å². The summed E-state index contributed by atoms with van der Waals surface area (Å²) in [6, 6.07) is 4.64. The average molecular weight is 320 g/mol. The van der Waals surface area contributed by atoms with Gasteiger partial charge in [-0.1, -0.05) is 12.8 Å². The molecule has 4 nitrogen and oxygen atoms in total. The fourth-order valence-corrected chi connectivity index (χ4v) is 3.67. The van der Waals surface area contributed by atoms with Crippen molar-refractivity contribution in [2.24, 2.45) is 5.92 Å². The van der Waals surface area contributed by atoms with Gasteiger partial charge in [-0.2, -0.15) is 0 Å². The van der Waals surface area contributed by atoms with E-state index in [-0.39, 0.29) is 24.2 Å². The molecular weight excluding hydrogens is 295 g/mol. The monoisotopic (exact) mass is 320 g/mol. The van der Waals surface area contributed by atoms with E-state index in [9.17, 15) is 14.3 Å². The van der Waals surface area contributed by atoms with Crippen molar-refractivity contribution in [3.05, 3.63) is 29.6 Å². The molecule has 1 saturated carbocycles. The maximum Gasteiger partial charge on any atom is 0.251 e. The molecule has 23 heavy (non-hydrogen) atoms. The molecule has 2 aliphatic rings. The number of benzene rings is 1. The molecule has 1 saturated heterocycles. The number of carbonyl (C=O) groups is 1. The van der Waals surface area contributed by atoms with Crippen molar-refractivity contribution in [1.82, 2.24) is 5.32 Å². The standard InChI is InChI=1S/C18H25FN2O2/c19-15-11-14(7-8-16(15)21-9-3-4-10-21)18(23)20-12-17(22)13-5-1-2-6-13/h7-8,11,13,17,22H,1-6,9-10,12H2,(H,20,23). The first-order valence-corrected chi connectivity index (χ1v) is 8.66. The molecule has 2 N–H and O–H groups in total. The number of nitrogens with one attached hydrogen (secondary N) is 1. The number of carbonyl (C=O) groups excluding carboxylic acids is 1. The van der Waals surface area contributed by atoms with Gasteiger partial charge in [-0.3, -0.25) is 4.79 Å². The Morgan fingerprint density at radius 1 is 1.26 bits per heavy atom. The predicted molar refractivity (Wildman–Crippen MR) is 88.1 cm³/mol. The van der Waals surface area contributed by atoms with Crippen LogP contribution in [0.2, 0.25) is 0 Å². The van der Waals surface area contributed by atoms with Gasteiger partial charge in [0.25, 0.3) is 5.91 Å². The van der Waals surface area contributed by atoms with Crippen LogP contribution < -0.4 is 10.2 Å². The minimum Gasteiger partial charge on any atom is -0.391 e. The molecule has 1 amide bonds. The molecule has 1 aromatic rings. The molecule has 3 rings (SSSR count). The first kappa shape index (κ1) is 16.2. The molecule has 1 atom stereocenters. The summed E-state index contributed by atoms with van der Waals surface area (Å²) < 4.78 is 14.2. The third-order valence-corrected chi connectivity index (χ3v) is 5.07. The molecule has 5 heteroatoms. The van der Waals surface area contributed by atoms with Crippen LogP contribution in [0.25, 0.3) is 0 Å². The van der Waals surface area contributed by atoms with Crippen LogP contribution in [-0.4, -0.2) is 36.8 Å². The van der Waals surface area contributed by atoms with Crippen molar-refractivity contribution >= 4 is 11.6 Å². The molecule has 0 radical (unpaired) electrons. The highest BCUT2D eigenvalue weighted by Crippen LogP contribution is 2.27. The second-order valence-electron chi connectivity index (χ2n) is 6.68. The maximum atomic E-state index is 14.2. The van der Waals surface area contributed by atoms with Gasteiger partial charge in [0.1, 0.15) is 5.82 Å². The van der Waals surface area contributed by atoms with Crippen LogP contribution in [0.1, 0.15) is 48.9 Å². The van der Waals surface area contributed by atoms with Gasteiger partial charge in [-0.15, -0.1) is 0 Å². The van der Waals surface area contributed by atoms with E-state index in [4.69, 9.17) is 0 Å². The Morgan fingerprint density at radius 2 is 1.96 bits per heavy atom. The summed E-state index contributed by atoms with van der Waals surface area (Å²) >= 11 is 0. The Hall–Kier alpha value is -1.62. The van der Waals surface area contributed by atoms with E-state index in [1.807, 2.05) is 4.90 Å². The van der Waals surface area contributed by atoms with Gasteiger partial charge in [0, 0.05) is 25.2 Å². The van der Waals surface area contributed by atoms with Crippen molar-refractivity contribution < 1.29 is 14.3 Å². The predicted octanol–water partition coefficient (Wildman–Crippen LogP) is 2.71. The van der Waals surface area contributed by atoms with Crippen LogP contribution in [0, 0.1) is 11.7 Å². The van der Waals surface area contributed by atoms with E-state index in [1.54, 1.807) is 12.1 Å². The van der Waals surface area contributed by atoms with Crippen LogP contribution in [0.4, 0.5) is 10.1 Å². The second-order valence-corrected chi connectivity index (χ2v) is 6.68. The Balaban J connectivity index is 1.57. The molecule has 126 valence electrons. The van der Waals surface area contributed by atoms with Crippen molar-refractivity contribution in [3.8, 4) is 0 Å². The zero-order valence-corrected chi connectivity index (χ0v) is 13.4. The van der Waals surface area contributed by atoms with Gasteiger partial charge in [-0.25, -0.2) is 4.39 Å². The second kappa shape index (κ2) is 7.30. The average Bonchev–Trinajstić information content (AvgIpc) is 3.25. The van der Waals surface area contributed by atoms with E-state index < -0.39 is 6.10 Å². The number of amides is 1. The highest BCUT2D eigenvalue weighted by molar-refractivity contribution is 5.94. The minimum atomic E-state index is -0.504. The molecule has 1 aromatic carbocycles. The Morgan fingerprint density at radius 3 is 2.61 bits per heavy atom. The number of halogens is 1. The molecule has 0 spiro atoms. The minimum absolute atomic E-state index is 0.235. The maximum absolute atomic E-state index is 14.2. The fourth-order valence-electron chi connectivity index (χ4n) is 3.67. The summed E-state index contributed by atoms with van der Waals surface area (Å²) in [4.78, 5) is 14.2. The number of nitrogens with zero attached hydrogens (tertiary/aromatic N) is 1. The Bertz CT molecular complexity index is 552. The van der Waals surface area contributed by atoms with Crippen molar-refractivity contribution in [3.63, 3.8) is 0 Å². The van der Waals surface area contributed by atoms with Crippen molar-refractivity contribution in [1.29, 1.82) is 0 Å². The Kier molecular flexibility index (Phi) is 5.16. The highest BCUT2D eigenvalue weighted by atomic mass is 19.1. The number of rotatable bonds is 5. The normalized spacial score (nSPS) is 20.0. The molecule has 1 unspecified atom stereocenters. The van der Waals surface area contributed by atoms with Crippen LogP contribution in [0.15, 0.2) is 18.2 Å². The smallest absolute Gasteiger partial charge is 0.251 e. The number of hydrogen-bond acceptors (Lipinski definition) is 3. The fraction of sp³-hybridized carbons (Fsp3) is 0.611. The van der Waals surface area contributed by atoms with E-state index in [0.29, 0.717) is 11.3 Å². The molecule has 0 bridgehead atoms. The summed E-state index contributed by atoms with van der Waals surface area (Å²) in [7, 11) is 0. The Labute approximate surface area is 136 Å². The van der Waals surface area contributed by atoms with Gasteiger partial charge in [0.2, 0.25) is 0 Å². The molecule has 1 aliphatic heterocycles. The number of aliphatic hydroxyl groups excluding tert-OH is 1. The zero-order valence-electron chi connectivity index (χ0n) is 13.4. The third kappa shape index (κ3) is 3.83. The van der Waals surface area contributed by atoms with Crippen LogP contribution >= 0.6 is 0 Å². The van der Waals surface area contributed by atoms with Gasteiger partial charge in [0.15, 0.2) is 0 Å². The van der Waals surface area contributed by atoms with Crippen molar-refractivity contribution in [2.75, 3.05) is 24.5 Å². The quantitative estimate of drug-likeness (QED) is 0.877. The van der Waals surface area contributed by atoms with E-state index in [2.05, 4.69) is 5.32 Å². The molecule has 1 aliphatic carbocycles. The van der Waals surface area contributed by atoms with Crippen LogP contribution in [0.5, 0.6) is 0 Å². The van der Waals surface area contributed by atoms with Crippen LogP contribution in [-0.2, 0) is 0 Å². The summed E-state index contributed by atoms with van der Waals surface area (Å²) in [5.41, 5.74) is 0.883. The van der Waals surface area contributed by atoms with E-state index >= 15 is 0 Å². The molecule has 2 fully saturated rings. The third-order valence-electron chi connectivity index (χ3n) is 5.07. The van der Waals surface area contributed by atoms with Gasteiger partial charge in [0.05, 0.1) is 11.8 Å². The number of anilines is 1. The zero-order chi connectivity index (χ0) is 16.2. The summed E-state index contributed by atoms with van der Waals surface area (Å²) in [5.74, 6) is -0.394. The largest absolute Gasteiger partial charge is 0.391 e. The van der Waals surface area contributed by atoms with Gasteiger partial charge >= 0.3 is 0 Å². The molecule has 0 aromatic heterocycles. The summed E-state index contributed by atoms with van der Waals surface area (Å²) in [6.07, 6.45) is 6.01. The summed E-state index contributed by atoms with van der Waals surface area (Å²) in [6.45, 7) is 1.98. The summed E-state index contributed by atoms with van der Waals surface area (Å²) in [5, 5.41) is 12.8. The topological polar surface area (TPSA) is 52.6 Å². The SMILES string of the molecule is O=C(NCC(O)C1CCCC1)c1ccc(N2CCCC2)c(F)c1. The number of hydrogen-bond donors (Lipinski definition) is 2. The van der Waals surface area contributed by atoms with Crippen LogP contribution in [0.3, 0.4) is 0 Å². The lowest BCUT2D eigenvalue weighted by Gasteiger charge is -2.19. The first-order chi connectivity index (χ1) is 11.1. The lowest BCUT2D eigenvalue weighted by atomic mass is 10.0. The van der Waals surface area contributed by atoms with Gasteiger partial charge < -0.3 is 15.3 Å². The first-order valence-electron chi connectivity index (χ1n) is 8.66. The molecule has 1 heterocycles. The highest BCUT2D eigenvalue weighted by Gasteiger charge is 2.24. The number of aliphatic hydroxyl groups is 1. The molecular formula is C18H25FN2O2. The lowest BCUT2D eigenvalue weighted by Crippen LogP contribution is -2.35. The van der Waals surface area contributed by atoms with E-state index in [1.165, 1.54) is 6.07 Å². The van der Waals surface area contributed by atoms with Gasteiger partial charge in [-0.05, 0) is 49.8 Å². The lowest BCUT2D eigenvalue weighted by molar-refractivity contribution is 0.0840. The van der Waals surface area contributed by atoms with Crippen molar-refractivity contribution in [2.45, 2.75) is 44.6 Å².